The molecule has 1 aliphatic rings. The van der Waals surface area contributed by atoms with Crippen LogP contribution in [0.3, 0.4) is 0 Å². The van der Waals surface area contributed by atoms with E-state index in [-0.39, 0.29) is 28.9 Å². The summed E-state index contributed by atoms with van der Waals surface area (Å²) in [7, 11) is 0. The number of rotatable bonds is 8. The molecule has 0 fully saturated rings. The Morgan fingerprint density at radius 1 is 1.03 bits per heavy atom. The number of anilines is 2. The molecule has 1 aliphatic heterocycles. The van der Waals surface area contributed by atoms with Gasteiger partial charge in [0.25, 0.3) is 17.7 Å². The molecule has 0 spiro atoms. The van der Waals surface area contributed by atoms with Crippen LogP contribution in [0.25, 0.3) is 0 Å². The third-order valence-corrected chi connectivity index (χ3v) is 5.32. The van der Waals surface area contributed by atoms with Crippen LogP contribution >= 0.6 is 0 Å². The van der Waals surface area contributed by atoms with E-state index in [2.05, 4.69) is 10.5 Å². The van der Waals surface area contributed by atoms with E-state index in [0.29, 0.717) is 23.8 Å². The Balaban J connectivity index is 1.49. The first-order valence-corrected chi connectivity index (χ1v) is 11.0. The number of amides is 3. The summed E-state index contributed by atoms with van der Waals surface area (Å²) in [5, 5.41) is 6.21. The highest BCUT2D eigenvalue weighted by Gasteiger charge is 2.37. The van der Waals surface area contributed by atoms with Crippen LogP contribution in [0.1, 0.15) is 57.1 Å². The SMILES string of the molecule is CCOc1ccc(N2C(=O)c3ccc(C(=O)OC(CC)C(=O)Nc4cc(C)on4)cc3C2=O)cc1. The van der Waals surface area contributed by atoms with Crippen LogP contribution in [0, 0.1) is 6.92 Å². The predicted molar refractivity (Wildman–Crippen MR) is 125 cm³/mol. The Hall–Kier alpha value is -4.47. The van der Waals surface area contributed by atoms with Crippen LogP contribution in [0.4, 0.5) is 11.5 Å². The number of fused-ring (bicyclic) bond motifs is 1. The van der Waals surface area contributed by atoms with E-state index in [1.165, 1.54) is 24.3 Å². The summed E-state index contributed by atoms with van der Waals surface area (Å²) in [5.74, 6) is -1.09. The third kappa shape index (κ3) is 4.77. The molecule has 4 rings (SSSR count). The van der Waals surface area contributed by atoms with Crippen molar-refractivity contribution < 1.29 is 33.2 Å². The van der Waals surface area contributed by atoms with E-state index < -0.39 is 29.8 Å². The van der Waals surface area contributed by atoms with Crippen LogP contribution < -0.4 is 15.0 Å². The molecule has 0 saturated carbocycles. The van der Waals surface area contributed by atoms with Gasteiger partial charge in [-0.25, -0.2) is 9.69 Å². The second-order valence-electron chi connectivity index (χ2n) is 7.75. The zero-order valence-corrected chi connectivity index (χ0v) is 19.4. The van der Waals surface area contributed by atoms with Crippen molar-refractivity contribution in [3.8, 4) is 5.75 Å². The maximum Gasteiger partial charge on any atom is 0.338 e. The molecule has 0 saturated heterocycles. The van der Waals surface area contributed by atoms with Gasteiger partial charge in [0.15, 0.2) is 11.9 Å². The molecule has 0 aliphatic carbocycles. The molecule has 0 radical (unpaired) electrons. The number of benzene rings is 2. The molecule has 2 aromatic carbocycles. The minimum Gasteiger partial charge on any atom is -0.494 e. The minimum atomic E-state index is -1.09. The van der Waals surface area contributed by atoms with E-state index in [1.54, 1.807) is 38.1 Å². The molecule has 180 valence electrons. The number of aryl methyl sites for hydroxylation is 1. The van der Waals surface area contributed by atoms with Crippen LogP contribution in [-0.4, -0.2) is 41.6 Å². The highest BCUT2D eigenvalue weighted by molar-refractivity contribution is 6.34. The van der Waals surface area contributed by atoms with Gasteiger partial charge in [-0.05, 0) is 62.7 Å². The van der Waals surface area contributed by atoms with Crippen molar-refractivity contribution in [1.29, 1.82) is 0 Å². The molecular formula is C25H23N3O7. The second kappa shape index (κ2) is 9.80. The lowest BCUT2D eigenvalue weighted by Crippen LogP contribution is -2.32. The molecule has 1 aromatic heterocycles. The van der Waals surface area contributed by atoms with Crippen LogP contribution in [-0.2, 0) is 9.53 Å². The lowest BCUT2D eigenvalue weighted by atomic mass is 10.1. The number of esters is 1. The number of nitrogens with zero attached hydrogens (tertiary/aromatic N) is 2. The highest BCUT2D eigenvalue weighted by Crippen LogP contribution is 2.30. The van der Waals surface area contributed by atoms with Gasteiger partial charge < -0.3 is 19.3 Å². The number of carbonyl (C=O) groups is 4. The molecule has 1 N–H and O–H groups in total. The summed E-state index contributed by atoms with van der Waals surface area (Å²) in [6.45, 7) is 5.71. The van der Waals surface area contributed by atoms with Crippen molar-refractivity contribution in [3.05, 3.63) is 71.0 Å². The average Bonchev–Trinajstić information content (AvgIpc) is 3.37. The molecular weight excluding hydrogens is 454 g/mol. The summed E-state index contributed by atoms with van der Waals surface area (Å²) in [6, 6.07) is 12.2. The van der Waals surface area contributed by atoms with Gasteiger partial charge in [-0.2, -0.15) is 0 Å². The van der Waals surface area contributed by atoms with Gasteiger partial charge >= 0.3 is 5.97 Å². The topological polar surface area (TPSA) is 128 Å². The molecule has 10 heteroatoms. The molecule has 10 nitrogen and oxygen atoms in total. The lowest BCUT2D eigenvalue weighted by Gasteiger charge is -2.15. The van der Waals surface area contributed by atoms with Gasteiger partial charge in [-0.3, -0.25) is 14.4 Å². The Morgan fingerprint density at radius 2 is 1.74 bits per heavy atom. The van der Waals surface area contributed by atoms with Crippen molar-refractivity contribution in [2.75, 3.05) is 16.8 Å². The van der Waals surface area contributed by atoms with E-state index in [0.717, 1.165) is 4.90 Å². The maximum absolute atomic E-state index is 13.0. The van der Waals surface area contributed by atoms with Gasteiger partial charge in [-0.1, -0.05) is 12.1 Å². The van der Waals surface area contributed by atoms with Crippen molar-refractivity contribution >= 4 is 35.2 Å². The van der Waals surface area contributed by atoms with E-state index in [1.807, 2.05) is 6.92 Å². The Kier molecular flexibility index (Phi) is 6.63. The fourth-order valence-electron chi connectivity index (χ4n) is 3.61. The van der Waals surface area contributed by atoms with Crippen molar-refractivity contribution in [3.63, 3.8) is 0 Å². The Morgan fingerprint density at radius 3 is 2.37 bits per heavy atom. The minimum absolute atomic E-state index is 0.0435. The first-order chi connectivity index (χ1) is 16.8. The standard InChI is InChI=1S/C25H23N3O7/c1-4-20(22(29)26-21-12-14(3)35-27-21)34-25(32)15-6-11-18-19(13-15)24(31)28(23(18)30)16-7-9-17(10-8-16)33-5-2/h6-13,20H,4-5H2,1-3H3,(H,26,27,29). The van der Waals surface area contributed by atoms with Gasteiger partial charge in [0.05, 0.1) is 29.0 Å². The van der Waals surface area contributed by atoms with E-state index in [9.17, 15) is 19.2 Å². The largest absolute Gasteiger partial charge is 0.494 e. The fourth-order valence-corrected chi connectivity index (χ4v) is 3.61. The highest BCUT2D eigenvalue weighted by atomic mass is 16.5. The first kappa shape index (κ1) is 23.7. The number of imide groups is 1. The van der Waals surface area contributed by atoms with Crippen LogP contribution in [0.15, 0.2) is 53.1 Å². The van der Waals surface area contributed by atoms with Crippen LogP contribution in [0.5, 0.6) is 5.75 Å². The zero-order chi connectivity index (χ0) is 25.1. The number of hydrogen-bond acceptors (Lipinski definition) is 8. The molecule has 1 atom stereocenters. The summed E-state index contributed by atoms with van der Waals surface area (Å²) in [4.78, 5) is 52.2. The van der Waals surface area contributed by atoms with E-state index in [4.69, 9.17) is 14.0 Å². The fraction of sp³-hybridized carbons (Fsp3) is 0.240. The Bertz CT molecular complexity index is 1300. The van der Waals surface area contributed by atoms with Gasteiger partial charge in [0, 0.05) is 6.07 Å². The number of carbonyl (C=O) groups excluding carboxylic acids is 4. The summed E-state index contributed by atoms with van der Waals surface area (Å²) in [6.07, 6.45) is -0.882. The molecule has 3 amide bonds. The molecule has 2 heterocycles. The first-order valence-electron chi connectivity index (χ1n) is 11.0. The number of ether oxygens (including phenoxy) is 2. The number of aromatic nitrogens is 1. The maximum atomic E-state index is 13.0. The summed E-state index contributed by atoms with van der Waals surface area (Å²) < 4.78 is 15.7. The lowest BCUT2D eigenvalue weighted by molar-refractivity contribution is -0.124. The molecule has 3 aromatic rings. The summed E-state index contributed by atoms with van der Waals surface area (Å²) in [5.41, 5.74) is 0.678. The third-order valence-electron chi connectivity index (χ3n) is 5.32. The molecule has 0 bridgehead atoms. The van der Waals surface area contributed by atoms with Crippen LogP contribution in [0.2, 0.25) is 0 Å². The predicted octanol–water partition coefficient (Wildman–Crippen LogP) is 3.76. The Labute approximate surface area is 200 Å². The summed E-state index contributed by atoms with van der Waals surface area (Å²) >= 11 is 0. The van der Waals surface area contributed by atoms with Crippen molar-refractivity contribution in [1.82, 2.24) is 5.16 Å². The average molecular weight is 477 g/mol. The van der Waals surface area contributed by atoms with E-state index >= 15 is 0 Å². The number of hydrogen-bond donors (Lipinski definition) is 1. The quantitative estimate of drug-likeness (QED) is 0.384. The van der Waals surface area contributed by atoms with Gasteiger partial charge in [-0.15, -0.1) is 0 Å². The van der Waals surface area contributed by atoms with Crippen molar-refractivity contribution in [2.24, 2.45) is 0 Å². The number of nitrogens with one attached hydrogen (secondary N) is 1. The van der Waals surface area contributed by atoms with Gasteiger partial charge in [0.1, 0.15) is 11.5 Å². The monoisotopic (exact) mass is 477 g/mol. The van der Waals surface area contributed by atoms with Crippen molar-refractivity contribution in [2.45, 2.75) is 33.3 Å². The normalized spacial score (nSPS) is 13.4. The van der Waals surface area contributed by atoms with Gasteiger partial charge in [0.2, 0.25) is 0 Å². The zero-order valence-electron chi connectivity index (χ0n) is 19.4. The second-order valence-corrected chi connectivity index (χ2v) is 7.75. The molecule has 1 unspecified atom stereocenters. The smallest absolute Gasteiger partial charge is 0.338 e. The molecule has 35 heavy (non-hydrogen) atoms.